The van der Waals surface area contributed by atoms with Gasteiger partial charge in [-0.1, -0.05) is 18.5 Å². The molecule has 0 N–H and O–H groups in total. The second-order valence-corrected chi connectivity index (χ2v) is 4.39. The summed E-state index contributed by atoms with van der Waals surface area (Å²) in [4.78, 5) is 0. The van der Waals surface area contributed by atoms with Crippen molar-refractivity contribution in [1.82, 2.24) is 0 Å². The van der Waals surface area contributed by atoms with E-state index >= 15 is 0 Å². The predicted octanol–water partition coefficient (Wildman–Crippen LogP) is 4.13. The van der Waals surface area contributed by atoms with Crippen LogP contribution in [0.25, 0.3) is 10.1 Å². The predicted molar refractivity (Wildman–Crippen MR) is 62.8 cm³/mol. The van der Waals surface area contributed by atoms with Crippen molar-refractivity contribution in [1.29, 1.82) is 0 Å². The van der Waals surface area contributed by atoms with E-state index in [0.29, 0.717) is 0 Å². The number of methoxy groups -OCH3 is 1. The Bertz CT molecular complexity index is 462. The number of hydrogen-bond acceptors (Lipinski definition) is 2. The lowest BCUT2D eigenvalue weighted by molar-refractivity contribution is 0.415. The van der Waals surface area contributed by atoms with Gasteiger partial charge in [0.1, 0.15) is 5.75 Å². The van der Waals surface area contributed by atoms with E-state index in [0.717, 1.165) is 27.3 Å². The summed E-state index contributed by atoms with van der Waals surface area (Å²) in [6.45, 7) is 2.10. The topological polar surface area (TPSA) is 9.23 Å². The highest BCUT2D eigenvalue weighted by Gasteiger charge is 2.11. The van der Waals surface area contributed by atoms with E-state index in [4.69, 9.17) is 16.3 Å². The molecular weight excluding hydrogens is 216 g/mol. The molecule has 0 aliphatic carbocycles. The van der Waals surface area contributed by atoms with Crippen molar-refractivity contribution >= 4 is 33.0 Å². The van der Waals surface area contributed by atoms with Crippen LogP contribution in [0.4, 0.5) is 0 Å². The van der Waals surface area contributed by atoms with E-state index in [2.05, 4.69) is 13.0 Å². The Balaban J connectivity index is 2.82. The lowest BCUT2D eigenvalue weighted by Crippen LogP contribution is -1.90. The number of rotatable bonds is 2. The molecule has 0 aliphatic rings. The summed E-state index contributed by atoms with van der Waals surface area (Å²) in [5.74, 6) is 0.966. The summed E-state index contributed by atoms with van der Waals surface area (Å²) in [6, 6.07) is 4.06. The Kier molecular flexibility index (Phi) is 2.66. The van der Waals surface area contributed by atoms with Crippen LogP contribution in [0.1, 0.15) is 12.5 Å². The van der Waals surface area contributed by atoms with Crippen LogP contribution in [-0.2, 0) is 6.42 Å². The maximum atomic E-state index is 6.17. The molecule has 0 amide bonds. The zero-order valence-corrected chi connectivity index (χ0v) is 9.71. The summed E-state index contributed by atoms with van der Waals surface area (Å²) in [5.41, 5.74) is 1.17. The summed E-state index contributed by atoms with van der Waals surface area (Å²) in [5, 5.41) is 3.99. The molecule has 1 heterocycles. The zero-order chi connectivity index (χ0) is 10.1. The monoisotopic (exact) mass is 226 g/mol. The summed E-state index contributed by atoms with van der Waals surface area (Å²) in [7, 11) is 1.71. The standard InChI is InChI=1S/C11H11ClOS/c1-3-7-6-9(12)11-8(4-5-14-11)10(7)13-2/h4-6H,3H2,1-2H3. The molecule has 1 aromatic heterocycles. The quantitative estimate of drug-likeness (QED) is 0.749. The fourth-order valence-corrected chi connectivity index (χ4v) is 2.80. The highest BCUT2D eigenvalue weighted by molar-refractivity contribution is 7.18. The van der Waals surface area contributed by atoms with Crippen LogP contribution in [0, 0.1) is 0 Å². The molecule has 2 rings (SSSR count). The molecule has 0 saturated carbocycles. The molecular formula is C11H11ClOS. The first kappa shape index (κ1) is 9.81. The number of benzene rings is 1. The molecule has 0 saturated heterocycles. The molecule has 0 bridgehead atoms. The Morgan fingerprint density at radius 2 is 2.29 bits per heavy atom. The van der Waals surface area contributed by atoms with Gasteiger partial charge in [-0.15, -0.1) is 11.3 Å². The van der Waals surface area contributed by atoms with Crippen molar-refractivity contribution in [3.05, 3.63) is 28.1 Å². The van der Waals surface area contributed by atoms with E-state index in [1.54, 1.807) is 18.4 Å². The first-order chi connectivity index (χ1) is 6.77. The van der Waals surface area contributed by atoms with Crippen molar-refractivity contribution in [2.75, 3.05) is 7.11 Å². The van der Waals surface area contributed by atoms with E-state index in [9.17, 15) is 0 Å². The number of thiophene rings is 1. The fraction of sp³-hybridized carbons (Fsp3) is 0.273. The molecule has 0 unspecified atom stereocenters. The Hall–Kier alpha value is -0.730. The third kappa shape index (κ3) is 1.39. The van der Waals surface area contributed by atoms with E-state index in [1.807, 2.05) is 11.4 Å². The molecule has 0 spiro atoms. The van der Waals surface area contributed by atoms with Gasteiger partial charge in [0.05, 0.1) is 16.8 Å². The summed E-state index contributed by atoms with van der Waals surface area (Å²) < 4.78 is 6.52. The second kappa shape index (κ2) is 3.79. The maximum Gasteiger partial charge on any atom is 0.130 e. The molecule has 74 valence electrons. The lowest BCUT2D eigenvalue weighted by atomic mass is 10.1. The minimum Gasteiger partial charge on any atom is -0.496 e. The van der Waals surface area contributed by atoms with Crippen molar-refractivity contribution in [3.63, 3.8) is 0 Å². The summed E-state index contributed by atoms with van der Waals surface area (Å²) >= 11 is 7.82. The molecule has 2 aromatic rings. The van der Waals surface area contributed by atoms with Gasteiger partial charge in [-0.05, 0) is 29.5 Å². The van der Waals surface area contributed by atoms with Gasteiger partial charge >= 0.3 is 0 Å². The van der Waals surface area contributed by atoms with Crippen LogP contribution < -0.4 is 4.74 Å². The molecule has 1 nitrogen and oxygen atoms in total. The minimum atomic E-state index is 0.827. The van der Waals surface area contributed by atoms with Crippen molar-refractivity contribution in [3.8, 4) is 5.75 Å². The fourth-order valence-electron chi connectivity index (χ4n) is 1.63. The van der Waals surface area contributed by atoms with Crippen LogP contribution in [0.15, 0.2) is 17.5 Å². The highest BCUT2D eigenvalue weighted by atomic mass is 35.5. The van der Waals surface area contributed by atoms with Gasteiger partial charge in [0.2, 0.25) is 0 Å². The van der Waals surface area contributed by atoms with Crippen LogP contribution in [0.5, 0.6) is 5.75 Å². The number of ether oxygens (including phenoxy) is 1. The molecule has 0 atom stereocenters. The third-order valence-corrected chi connectivity index (χ3v) is 3.66. The van der Waals surface area contributed by atoms with Crippen molar-refractivity contribution in [2.45, 2.75) is 13.3 Å². The van der Waals surface area contributed by atoms with Crippen LogP contribution in [0.2, 0.25) is 5.02 Å². The number of hydrogen-bond donors (Lipinski definition) is 0. The molecule has 1 aromatic carbocycles. The Morgan fingerprint density at radius 1 is 1.50 bits per heavy atom. The SMILES string of the molecule is CCc1cc(Cl)c2sccc2c1OC. The van der Waals surface area contributed by atoms with Gasteiger partial charge in [-0.3, -0.25) is 0 Å². The van der Waals surface area contributed by atoms with E-state index < -0.39 is 0 Å². The Morgan fingerprint density at radius 3 is 2.93 bits per heavy atom. The maximum absolute atomic E-state index is 6.17. The minimum absolute atomic E-state index is 0.827. The molecule has 0 fully saturated rings. The molecule has 0 radical (unpaired) electrons. The van der Waals surface area contributed by atoms with Gasteiger partial charge in [0.15, 0.2) is 0 Å². The first-order valence-corrected chi connectivity index (χ1v) is 5.76. The first-order valence-electron chi connectivity index (χ1n) is 4.50. The van der Waals surface area contributed by atoms with Crippen LogP contribution in [-0.4, -0.2) is 7.11 Å². The highest BCUT2D eigenvalue weighted by Crippen LogP contribution is 2.38. The van der Waals surface area contributed by atoms with Gasteiger partial charge in [-0.25, -0.2) is 0 Å². The van der Waals surface area contributed by atoms with Crippen LogP contribution >= 0.6 is 22.9 Å². The van der Waals surface area contributed by atoms with Gasteiger partial charge in [-0.2, -0.15) is 0 Å². The molecule has 3 heteroatoms. The lowest BCUT2D eigenvalue weighted by Gasteiger charge is -2.08. The van der Waals surface area contributed by atoms with E-state index in [1.165, 1.54) is 5.56 Å². The van der Waals surface area contributed by atoms with Gasteiger partial charge in [0.25, 0.3) is 0 Å². The van der Waals surface area contributed by atoms with Gasteiger partial charge in [0, 0.05) is 5.39 Å². The normalized spacial score (nSPS) is 10.8. The average Bonchev–Trinajstić information content (AvgIpc) is 2.66. The number of fused-ring (bicyclic) bond motifs is 1. The van der Waals surface area contributed by atoms with Crippen LogP contribution in [0.3, 0.4) is 0 Å². The molecule has 14 heavy (non-hydrogen) atoms. The average molecular weight is 227 g/mol. The van der Waals surface area contributed by atoms with Crippen molar-refractivity contribution < 1.29 is 4.74 Å². The molecule has 0 aliphatic heterocycles. The zero-order valence-electron chi connectivity index (χ0n) is 8.13. The number of halogens is 1. The smallest absolute Gasteiger partial charge is 0.130 e. The number of aryl methyl sites for hydroxylation is 1. The van der Waals surface area contributed by atoms with E-state index in [-0.39, 0.29) is 0 Å². The summed E-state index contributed by atoms with van der Waals surface area (Å²) in [6.07, 6.45) is 0.939. The Labute approximate surface area is 92.3 Å². The van der Waals surface area contributed by atoms with Gasteiger partial charge < -0.3 is 4.74 Å². The second-order valence-electron chi connectivity index (χ2n) is 3.07. The van der Waals surface area contributed by atoms with Crippen molar-refractivity contribution in [2.24, 2.45) is 0 Å². The third-order valence-electron chi connectivity index (χ3n) is 2.30. The largest absolute Gasteiger partial charge is 0.496 e.